The summed E-state index contributed by atoms with van der Waals surface area (Å²) in [7, 11) is 3.29. The van der Waals surface area contributed by atoms with E-state index in [2.05, 4.69) is 38.1 Å². The Labute approximate surface area is 165 Å². The molecule has 144 valence electrons. The molecule has 3 rings (SSSR count). The Balaban J connectivity index is 1.74. The van der Waals surface area contributed by atoms with Crippen molar-refractivity contribution in [2.75, 3.05) is 26.5 Å². The van der Waals surface area contributed by atoms with E-state index in [9.17, 15) is 4.79 Å². The molecule has 0 aromatic heterocycles. The molecule has 0 radical (unpaired) electrons. The molecule has 0 N–H and O–H groups in total. The number of thioether (sulfide) groups is 1. The number of carbonyl (C=O) groups is 1. The Bertz CT molecular complexity index is 766. The zero-order valence-corrected chi connectivity index (χ0v) is 17.2. The van der Waals surface area contributed by atoms with Gasteiger partial charge in [-0.25, -0.2) is 0 Å². The first-order valence-electron chi connectivity index (χ1n) is 9.24. The highest BCUT2D eigenvalue weighted by Gasteiger charge is 2.33. The molecule has 2 aromatic rings. The maximum atomic E-state index is 12.5. The van der Waals surface area contributed by atoms with Gasteiger partial charge in [0, 0.05) is 12.6 Å². The van der Waals surface area contributed by atoms with E-state index in [1.54, 1.807) is 26.0 Å². The van der Waals surface area contributed by atoms with E-state index >= 15 is 0 Å². The van der Waals surface area contributed by atoms with Crippen LogP contribution in [0.15, 0.2) is 42.5 Å². The smallest absolute Gasteiger partial charge is 0.233 e. The van der Waals surface area contributed by atoms with Crippen LogP contribution in [0.1, 0.15) is 41.8 Å². The van der Waals surface area contributed by atoms with Crippen LogP contribution in [0.3, 0.4) is 0 Å². The highest BCUT2D eigenvalue weighted by molar-refractivity contribution is 8.00. The summed E-state index contributed by atoms with van der Waals surface area (Å²) in [4.78, 5) is 14.4. The van der Waals surface area contributed by atoms with Crippen LogP contribution >= 0.6 is 11.8 Å². The molecule has 4 nitrogen and oxygen atoms in total. The first kappa shape index (κ1) is 19.6. The Kier molecular flexibility index (Phi) is 6.32. The third-order valence-corrected chi connectivity index (χ3v) is 6.17. The first-order valence-corrected chi connectivity index (χ1v) is 10.3. The van der Waals surface area contributed by atoms with Gasteiger partial charge in [0.25, 0.3) is 0 Å². The zero-order valence-electron chi connectivity index (χ0n) is 16.4. The van der Waals surface area contributed by atoms with E-state index in [1.165, 1.54) is 11.1 Å². The quantitative estimate of drug-likeness (QED) is 0.696. The lowest BCUT2D eigenvalue weighted by Crippen LogP contribution is -2.30. The summed E-state index contributed by atoms with van der Waals surface area (Å²) in [6, 6.07) is 14.5. The van der Waals surface area contributed by atoms with Crippen molar-refractivity contribution in [2.45, 2.75) is 31.6 Å². The number of amides is 1. The van der Waals surface area contributed by atoms with Gasteiger partial charge in [0.2, 0.25) is 5.91 Å². The third-order valence-electron chi connectivity index (χ3n) is 4.91. The summed E-state index contributed by atoms with van der Waals surface area (Å²) in [6.07, 6.45) is 0.849. The molecule has 1 amide bonds. The van der Waals surface area contributed by atoms with Crippen LogP contribution in [-0.2, 0) is 11.2 Å². The van der Waals surface area contributed by atoms with Crippen molar-refractivity contribution in [2.24, 2.45) is 0 Å². The molecule has 2 aromatic carbocycles. The predicted molar refractivity (Wildman–Crippen MR) is 111 cm³/mol. The molecule has 0 saturated carbocycles. The minimum atomic E-state index is -0.00330. The topological polar surface area (TPSA) is 38.8 Å². The molecule has 0 bridgehead atoms. The molecule has 1 atom stereocenters. The summed E-state index contributed by atoms with van der Waals surface area (Å²) in [5.41, 5.74) is 3.64. The van der Waals surface area contributed by atoms with Gasteiger partial charge in [-0.15, -0.1) is 11.8 Å². The summed E-state index contributed by atoms with van der Waals surface area (Å²) >= 11 is 1.66. The summed E-state index contributed by atoms with van der Waals surface area (Å²) in [6.45, 7) is 5.10. The van der Waals surface area contributed by atoms with Crippen molar-refractivity contribution in [3.63, 3.8) is 0 Å². The molecule has 1 heterocycles. The third kappa shape index (κ3) is 4.59. The lowest BCUT2D eigenvalue weighted by atomic mass is 10.0. The van der Waals surface area contributed by atoms with Gasteiger partial charge in [0.1, 0.15) is 16.9 Å². The average Bonchev–Trinajstić information content (AvgIpc) is 3.06. The molecule has 5 heteroatoms. The Morgan fingerprint density at radius 2 is 1.70 bits per heavy atom. The van der Waals surface area contributed by atoms with E-state index in [0.29, 0.717) is 18.2 Å². The fraction of sp³-hybridized carbons (Fsp3) is 0.409. The van der Waals surface area contributed by atoms with E-state index in [1.807, 2.05) is 23.1 Å². The number of hydrogen-bond donors (Lipinski definition) is 0. The lowest BCUT2D eigenvalue weighted by Gasteiger charge is -2.25. The van der Waals surface area contributed by atoms with Crippen LogP contribution < -0.4 is 9.47 Å². The Morgan fingerprint density at radius 3 is 2.26 bits per heavy atom. The average molecular weight is 386 g/mol. The summed E-state index contributed by atoms with van der Waals surface area (Å²) < 4.78 is 10.8. The SMILES string of the molecule is COc1cc(OC)cc(C2SCC(=O)N2CCc2ccc(C(C)C)cc2)c1. The molecular weight excluding hydrogens is 358 g/mol. The minimum absolute atomic E-state index is 0.00330. The monoisotopic (exact) mass is 385 g/mol. The second-order valence-electron chi connectivity index (χ2n) is 7.04. The maximum Gasteiger partial charge on any atom is 0.233 e. The number of carbonyl (C=O) groups excluding carboxylic acids is 1. The van der Waals surface area contributed by atoms with Crippen molar-refractivity contribution >= 4 is 17.7 Å². The minimum Gasteiger partial charge on any atom is -0.497 e. The zero-order chi connectivity index (χ0) is 19.4. The van der Waals surface area contributed by atoms with Crippen molar-refractivity contribution in [3.8, 4) is 11.5 Å². The number of nitrogens with zero attached hydrogens (tertiary/aromatic N) is 1. The Morgan fingerprint density at radius 1 is 1.07 bits per heavy atom. The van der Waals surface area contributed by atoms with Gasteiger partial charge in [0.05, 0.1) is 20.0 Å². The molecule has 1 aliphatic rings. The van der Waals surface area contributed by atoms with Crippen molar-refractivity contribution in [1.82, 2.24) is 4.90 Å². The molecule has 0 spiro atoms. The molecule has 1 fully saturated rings. The first-order chi connectivity index (χ1) is 13.0. The van der Waals surface area contributed by atoms with Crippen LogP contribution in [-0.4, -0.2) is 37.3 Å². The van der Waals surface area contributed by atoms with Crippen molar-refractivity contribution < 1.29 is 14.3 Å². The predicted octanol–water partition coefficient (Wildman–Crippen LogP) is 4.64. The molecular formula is C22H27NO3S. The summed E-state index contributed by atoms with van der Waals surface area (Å²) in [5, 5.41) is -0.00330. The molecule has 1 aliphatic heterocycles. The summed E-state index contributed by atoms with van der Waals surface area (Å²) in [5.74, 6) is 2.71. The number of methoxy groups -OCH3 is 2. The van der Waals surface area contributed by atoms with Crippen LogP contribution in [0.4, 0.5) is 0 Å². The van der Waals surface area contributed by atoms with Crippen LogP contribution in [0, 0.1) is 0 Å². The number of rotatable bonds is 7. The van der Waals surface area contributed by atoms with Crippen molar-refractivity contribution in [1.29, 1.82) is 0 Å². The van der Waals surface area contributed by atoms with Gasteiger partial charge < -0.3 is 14.4 Å². The Hall–Kier alpha value is -2.14. The molecule has 1 saturated heterocycles. The standard InChI is InChI=1S/C22H27NO3S/c1-15(2)17-7-5-16(6-8-17)9-10-23-21(24)14-27-22(23)18-11-19(25-3)13-20(12-18)26-4/h5-8,11-13,15,22H,9-10,14H2,1-4H3. The fourth-order valence-corrected chi connectivity index (χ4v) is 4.46. The normalized spacial score (nSPS) is 16.9. The number of benzene rings is 2. The van der Waals surface area contributed by atoms with Gasteiger partial charge in [-0.3, -0.25) is 4.79 Å². The van der Waals surface area contributed by atoms with Crippen LogP contribution in [0.2, 0.25) is 0 Å². The largest absolute Gasteiger partial charge is 0.497 e. The van der Waals surface area contributed by atoms with Gasteiger partial charge in [-0.1, -0.05) is 38.1 Å². The second kappa shape index (κ2) is 8.70. The van der Waals surface area contributed by atoms with Crippen LogP contribution in [0.25, 0.3) is 0 Å². The molecule has 27 heavy (non-hydrogen) atoms. The van der Waals surface area contributed by atoms with Crippen LogP contribution in [0.5, 0.6) is 11.5 Å². The van der Waals surface area contributed by atoms with Crippen molar-refractivity contribution in [3.05, 3.63) is 59.2 Å². The van der Waals surface area contributed by atoms with E-state index in [-0.39, 0.29) is 11.3 Å². The fourth-order valence-electron chi connectivity index (χ4n) is 3.26. The van der Waals surface area contributed by atoms with Gasteiger partial charge >= 0.3 is 0 Å². The second-order valence-corrected chi connectivity index (χ2v) is 8.11. The number of ether oxygens (including phenoxy) is 2. The number of hydrogen-bond acceptors (Lipinski definition) is 4. The molecule has 0 aliphatic carbocycles. The highest BCUT2D eigenvalue weighted by Crippen LogP contribution is 2.41. The van der Waals surface area contributed by atoms with Gasteiger partial charge in [-0.2, -0.15) is 0 Å². The maximum absolute atomic E-state index is 12.5. The van der Waals surface area contributed by atoms with Gasteiger partial charge in [-0.05, 0) is 41.2 Å². The van der Waals surface area contributed by atoms with E-state index in [0.717, 1.165) is 23.5 Å². The molecule has 1 unspecified atom stereocenters. The van der Waals surface area contributed by atoms with E-state index < -0.39 is 0 Å². The lowest BCUT2D eigenvalue weighted by molar-refractivity contribution is -0.128. The van der Waals surface area contributed by atoms with Gasteiger partial charge in [0.15, 0.2) is 0 Å². The highest BCUT2D eigenvalue weighted by atomic mass is 32.2. The van der Waals surface area contributed by atoms with E-state index in [4.69, 9.17) is 9.47 Å².